The van der Waals surface area contributed by atoms with E-state index in [2.05, 4.69) is 12.8 Å². The van der Waals surface area contributed by atoms with E-state index in [0.29, 0.717) is 0 Å². The van der Waals surface area contributed by atoms with Gasteiger partial charge in [0.05, 0.1) is 0 Å². The van der Waals surface area contributed by atoms with Crippen molar-refractivity contribution in [2.75, 3.05) is 24.0 Å². The van der Waals surface area contributed by atoms with Gasteiger partial charge < -0.3 is 0 Å². The maximum atomic E-state index is 5.19. The van der Waals surface area contributed by atoms with Crippen LogP contribution in [0.2, 0.25) is 0 Å². The lowest BCUT2D eigenvalue weighted by molar-refractivity contribution is 1.44. The molecular formula is C9H17ClS2. The molecule has 0 atom stereocenters. The number of rotatable bonds is 4. The molecule has 0 aromatic carbocycles. The summed E-state index contributed by atoms with van der Waals surface area (Å²) in [5, 5.41) is 0. The van der Waals surface area contributed by atoms with Gasteiger partial charge in [0.1, 0.15) is 0 Å². The second-order valence-corrected chi connectivity index (χ2v) is 4.24. The van der Waals surface area contributed by atoms with Crippen LogP contribution in [0.5, 0.6) is 0 Å². The summed E-state index contributed by atoms with van der Waals surface area (Å²) >= 11 is 8.75. The molecule has 0 nitrogen and oxygen atoms in total. The van der Waals surface area contributed by atoms with Crippen LogP contribution < -0.4 is 0 Å². The molecule has 0 N–H and O–H groups in total. The Balaban J connectivity index is 0. The zero-order valence-electron chi connectivity index (χ0n) is 7.97. The number of thioether (sulfide) groups is 2. The van der Waals surface area contributed by atoms with Gasteiger partial charge in [-0.3, -0.25) is 0 Å². The van der Waals surface area contributed by atoms with Crippen LogP contribution >= 0.6 is 35.1 Å². The van der Waals surface area contributed by atoms with Gasteiger partial charge in [-0.25, -0.2) is 0 Å². The minimum atomic E-state index is 1.02. The van der Waals surface area contributed by atoms with Crippen molar-refractivity contribution in [3.63, 3.8) is 0 Å². The molecule has 0 spiro atoms. The second-order valence-electron chi connectivity index (χ2n) is 2.21. The standard InChI is InChI=1S/C5H10S.C4H7ClS/c1-5(2)4-6-3;1-6-4-2-3-5/h1,4H2,2-3H3;2-3H,4H2,1H3/b;3-2-. The van der Waals surface area contributed by atoms with Crippen molar-refractivity contribution < 1.29 is 0 Å². The Bertz CT molecular complexity index is 122. The summed E-state index contributed by atoms with van der Waals surface area (Å²) in [5.74, 6) is 2.11. The first-order valence-corrected chi connectivity index (χ1v) is 6.78. The molecule has 0 saturated carbocycles. The molecule has 0 aliphatic heterocycles. The summed E-state index contributed by atoms with van der Waals surface area (Å²) in [6.45, 7) is 5.76. The predicted octanol–water partition coefficient (Wildman–Crippen LogP) is 4.03. The lowest BCUT2D eigenvalue weighted by Crippen LogP contribution is -1.72. The van der Waals surface area contributed by atoms with E-state index in [1.807, 2.05) is 31.0 Å². The van der Waals surface area contributed by atoms with Crippen molar-refractivity contribution in [3.05, 3.63) is 23.8 Å². The van der Waals surface area contributed by atoms with Crippen molar-refractivity contribution in [1.82, 2.24) is 0 Å². The molecule has 0 radical (unpaired) electrons. The molecule has 72 valence electrons. The van der Waals surface area contributed by atoms with Gasteiger partial charge in [-0.2, -0.15) is 23.5 Å². The van der Waals surface area contributed by atoms with Crippen molar-refractivity contribution in [3.8, 4) is 0 Å². The summed E-state index contributed by atoms with van der Waals surface area (Å²) in [6, 6.07) is 0. The van der Waals surface area contributed by atoms with Gasteiger partial charge in [0.25, 0.3) is 0 Å². The van der Waals surface area contributed by atoms with Gasteiger partial charge in [-0.15, -0.1) is 0 Å². The third-order valence-electron chi connectivity index (χ3n) is 0.743. The summed E-state index contributed by atoms with van der Waals surface area (Å²) in [7, 11) is 0. The van der Waals surface area contributed by atoms with E-state index in [9.17, 15) is 0 Å². The van der Waals surface area contributed by atoms with Crippen molar-refractivity contribution in [2.24, 2.45) is 0 Å². The fourth-order valence-corrected chi connectivity index (χ4v) is 1.36. The Morgan fingerprint density at radius 3 is 2.08 bits per heavy atom. The molecule has 0 rings (SSSR count). The normalized spacial score (nSPS) is 9.33. The van der Waals surface area contributed by atoms with Crippen LogP contribution in [0.15, 0.2) is 23.8 Å². The van der Waals surface area contributed by atoms with Gasteiger partial charge in [-0.1, -0.05) is 29.8 Å². The number of hydrogen-bond donors (Lipinski definition) is 0. The van der Waals surface area contributed by atoms with Gasteiger partial charge in [0, 0.05) is 17.0 Å². The molecule has 0 amide bonds. The van der Waals surface area contributed by atoms with Gasteiger partial charge >= 0.3 is 0 Å². The maximum absolute atomic E-state index is 5.19. The fourth-order valence-electron chi connectivity index (χ4n) is 0.379. The average Bonchev–Trinajstić information content (AvgIpc) is 2.02. The van der Waals surface area contributed by atoms with E-state index in [-0.39, 0.29) is 0 Å². The first-order chi connectivity index (χ1) is 5.68. The molecule has 0 unspecified atom stereocenters. The SMILES string of the molecule is C=C(C)CSC.CSC/C=C\Cl. The minimum absolute atomic E-state index is 1.02. The monoisotopic (exact) mass is 224 g/mol. The molecule has 0 aromatic rings. The summed E-state index contributed by atoms with van der Waals surface area (Å²) in [5.41, 5.74) is 2.79. The first-order valence-electron chi connectivity index (χ1n) is 3.56. The molecule has 0 aromatic heterocycles. The van der Waals surface area contributed by atoms with Crippen LogP contribution in [0, 0.1) is 0 Å². The van der Waals surface area contributed by atoms with E-state index in [1.54, 1.807) is 11.8 Å². The van der Waals surface area contributed by atoms with E-state index in [4.69, 9.17) is 11.6 Å². The highest BCUT2D eigenvalue weighted by Gasteiger charge is 1.76. The van der Waals surface area contributed by atoms with Crippen LogP contribution in [0.4, 0.5) is 0 Å². The summed E-state index contributed by atoms with van der Waals surface area (Å²) in [4.78, 5) is 0. The highest BCUT2D eigenvalue weighted by Crippen LogP contribution is 1.97. The molecule has 0 fully saturated rings. The van der Waals surface area contributed by atoms with Crippen molar-refractivity contribution in [2.45, 2.75) is 6.92 Å². The van der Waals surface area contributed by atoms with Crippen LogP contribution in [0.25, 0.3) is 0 Å². The Hall–Kier alpha value is 0.470. The number of halogens is 1. The van der Waals surface area contributed by atoms with E-state index in [1.165, 1.54) is 11.1 Å². The third kappa shape index (κ3) is 22.4. The predicted molar refractivity (Wildman–Crippen MR) is 66.6 cm³/mol. The van der Waals surface area contributed by atoms with Crippen LogP contribution in [0.1, 0.15) is 6.92 Å². The molecular weight excluding hydrogens is 208 g/mol. The molecule has 0 aliphatic rings. The highest BCUT2D eigenvalue weighted by molar-refractivity contribution is 7.98. The van der Waals surface area contributed by atoms with Crippen LogP contribution in [-0.2, 0) is 0 Å². The molecule has 0 heterocycles. The Kier molecular flexibility index (Phi) is 17.5. The van der Waals surface area contributed by atoms with E-state index in [0.717, 1.165) is 11.5 Å². The van der Waals surface area contributed by atoms with Crippen molar-refractivity contribution in [1.29, 1.82) is 0 Å². The Labute approximate surface area is 89.8 Å². The molecule has 0 saturated heterocycles. The summed E-state index contributed by atoms with van der Waals surface area (Å²) < 4.78 is 0. The fraction of sp³-hybridized carbons (Fsp3) is 0.556. The van der Waals surface area contributed by atoms with Gasteiger partial charge in [0.2, 0.25) is 0 Å². The largest absolute Gasteiger partial charge is 0.161 e. The zero-order valence-corrected chi connectivity index (χ0v) is 10.4. The van der Waals surface area contributed by atoms with Gasteiger partial charge in [-0.05, 0) is 19.4 Å². The minimum Gasteiger partial charge on any atom is -0.161 e. The lowest BCUT2D eigenvalue weighted by Gasteiger charge is -1.87. The topological polar surface area (TPSA) is 0 Å². The molecule has 3 heteroatoms. The first kappa shape index (κ1) is 15.0. The number of hydrogen-bond acceptors (Lipinski definition) is 2. The Morgan fingerprint density at radius 2 is 2.00 bits per heavy atom. The average molecular weight is 225 g/mol. The molecule has 0 bridgehead atoms. The smallest absolute Gasteiger partial charge is 0.0135 e. The van der Waals surface area contributed by atoms with Crippen molar-refractivity contribution >= 4 is 35.1 Å². The third-order valence-corrected chi connectivity index (χ3v) is 2.23. The summed E-state index contributed by atoms with van der Waals surface area (Å²) in [6.07, 6.45) is 6.03. The second kappa shape index (κ2) is 14.0. The Morgan fingerprint density at radius 1 is 1.42 bits per heavy atom. The maximum Gasteiger partial charge on any atom is 0.0135 e. The van der Waals surface area contributed by atoms with Gasteiger partial charge in [0.15, 0.2) is 0 Å². The molecule has 0 aliphatic carbocycles. The zero-order chi connectivity index (χ0) is 9.82. The van der Waals surface area contributed by atoms with E-state index >= 15 is 0 Å². The van der Waals surface area contributed by atoms with Crippen LogP contribution in [-0.4, -0.2) is 24.0 Å². The highest BCUT2D eigenvalue weighted by atomic mass is 35.5. The lowest BCUT2D eigenvalue weighted by atomic mass is 10.4. The van der Waals surface area contributed by atoms with E-state index < -0.39 is 0 Å². The molecule has 12 heavy (non-hydrogen) atoms. The quantitative estimate of drug-likeness (QED) is 0.662. The van der Waals surface area contributed by atoms with Crippen LogP contribution in [0.3, 0.4) is 0 Å².